The SMILES string of the molecule is OC(c1ccc(OC2CC2)cc1)c1ncc(Br)cc1Br. The Hall–Kier alpha value is -0.910. The summed E-state index contributed by atoms with van der Waals surface area (Å²) in [6.07, 6.45) is 3.58. The molecule has 0 saturated heterocycles. The molecule has 0 amide bonds. The van der Waals surface area contributed by atoms with Gasteiger partial charge in [-0.25, -0.2) is 0 Å². The topological polar surface area (TPSA) is 42.4 Å². The van der Waals surface area contributed by atoms with E-state index in [0.717, 1.165) is 33.1 Å². The van der Waals surface area contributed by atoms with E-state index in [1.165, 1.54) is 0 Å². The van der Waals surface area contributed by atoms with E-state index in [2.05, 4.69) is 36.8 Å². The predicted octanol–water partition coefficient (Wildman–Crippen LogP) is 4.23. The molecule has 1 atom stereocenters. The molecule has 1 saturated carbocycles. The molecule has 20 heavy (non-hydrogen) atoms. The molecular formula is C15H13Br2NO2. The minimum atomic E-state index is -0.757. The van der Waals surface area contributed by atoms with Gasteiger partial charge in [0, 0.05) is 15.1 Å². The van der Waals surface area contributed by atoms with Crippen molar-refractivity contribution in [2.75, 3.05) is 0 Å². The highest BCUT2D eigenvalue weighted by molar-refractivity contribution is 9.11. The van der Waals surface area contributed by atoms with Gasteiger partial charge in [-0.1, -0.05) is 12.1 Å². The van der Waals surface area contributed by atoms with E-state index in [9.17, 15) is 5.11 Å². The lowest BCUT2D eigenvalue weighted by atomic mass is 10.1. The van der Waals surface area contributed by atoms with Gasteiger partial charge in [0.1, 0.15) is 11.9 Å². The van der Waals surface area contributed by atoms with Gasteiger partial charge >= 0.3 is 0 Å². The van der Waals surface area contributed by atoms with Gasteiger partial charge in [-0.05, 0) is 68.5 Å². The van der Waals surface area contributed by atoms with E-state index in [1.54, 1.807) is 6.20 Å². The number of aliphatic hydroxyl groups is 1. The first kappa shape index (κ1) is 14.0. The summed E-state index contributed by atoms with van der Waals surface area (Å²) >= 11 is 6.77. The van der Waals surface area contributed by atoms with E-state index >= 15 is 0 Å². The van der Waals surface area contributed by atoms with Gasteiger partial charge in [-0.2, -0.15) is 0 Å². The lowest BCUT2D eigenvalue weighted by Gasteiger charge is -2.13. The fraction of sp³-hybridized carbons (Fsp3) is 0.267. The minimum absolute atomic E-state index is 0.382. The summed E-state index contributed by atoms with van der Waals surface area (Å²) in [7, 11) is 0. The fourth-order valence-corrected chi connectivity index (χ4v) is 3.10. The maximum absolute atomic E-state index is 10.4. The Bertz CT molecular complexity index is 612. The molecular weight excluding hydrogens is 386 g/mol. The zero-order valence-electron chi connectivity index (χ0n) is 10.6. The highest BCUT2D eigenvalue weighted by Crippen LogP contribution is 2.31. The van der Waals surface area contributed by atoms with Crippen LogP contribution in [0.1, 0.15) is 30.2 Å². The van der Waals surface area contributed by atoms with E-state index in [1.807, 2.05) is 30.3 Å². The van der Waals surface area contributed by atoms with Gasteiger partial charge in [0.05, 0.1) is 11.8 Å². The van der Waals surface area contributed by atoms with E-state index in [4.69, 9.17) is 4.74 Å². The number of nitrogens with zero attached hydrogens (tertiary/aromatic N) is 1. The van der Waals surface area contributed by atoms with E-state index < -0.39 is 6.10 Å². The second-order valence-electron chi connectivity index (χ2n) is 4.81. The molecule has 0 radical (unpaired) electrons. The average Bonchev–Trinajstić information content (AvgIpc) is 3.23. The van der Waals surface area contributed by atoms with Crippen molar-refractivity contribution >= 4 is 31.9 Å². The standard InChI is InChI=1S/C15H13Br2NO2/c16-10-7-13(17)14(18-8-10)15(19)9-1-3-11(4-2-9)20-12-5-6-12/h1-4,7-8,12,15,19H,5-6H2. The summed E-state index contributed by atoms with van der Waals surface area (Å²) in [6.45, 7) is 0. The monoisotopic (exact) mass is 397 g/mol. The normalized spacial score (nSPS) is 15.9. The molecule has 0 bridgehead atoms. The van der Waals surface area contributed by atoms with Crippen LogP contribution in [0.3, 0.4) is 0 Å². The fourth-order valence-electron chi connectivity index (χ4n) is 1.89. The Morgan fingerprint density at radius 1 is 1.20 bits per heavy atom. The van der Waals surface area contributed by atoms with Crippen molar-refractivity contribution in [3.63, 3.8) is 0 Å². The maximum Gasteiger partial charge on any atom is 0.122 e. The van der Waals surface area contributed by atoms with Gasteiger partial charge in [0.2, 0.25) is 0 Å². The summed E-state index contributed by atoms with van der Waals surface area (Å²) in [5, 5.41) is 10.4. The number of pyridine rings is 1. The van der Waals surface area contributed by atoms with Crippen LogP contribution in [0.2, 0.25) is 0 Å². The molecule has 3 nitrogen and oxygen atoms in total. The average molecular weight is 399 g/mol. The second kappa shape index (κ2) is 5.84. The van der Waals surface area contributed by atoms with Crippen LogP contribution in [0.25, 0.3) is 0 Å². The summed E-state index contributed by atoms with van der Waals surface area (Å²) in [5.74, 6) is 0.853. The summed E-state index contributed by atoms with van der Waals surface area (Å²) in [4.78, 5) is 4.26. The van der Waals surface area contributed by atoms with Gasteiger partial charge in [0.25, 0.3) is 0 Å². The molecule has 1 aliphatic carbocycles. The van der Waals surface area contributed by atoms with Crippen molar-refractivity contribution in [3.05, 3.63) is 56.7 Å². The van der Waals surface area contributed by atoms with Gasteiger partial charge in [0.15, 0.2) is 0 Å². The first-order valence-electron chi connectivity index (χ1n) is 6.39. The predicted molar refractivity (Wildman–Crippen MR) is 83.8 cm³/mol. The zero-order chi connectivity index (χ0) is 14.1. The molecule has 1 aromatic heterocycles. The van der Waals surface area contributed by atoms with Crippen LogP contribution in [0.4, 0.5) is 0 Å². The molecule has 1 heterocycles. The number of benzene rings is 1. The highest BCUT2D eigenvalue weighted by Gasteiger charge is 2.23. The van der Waals surface area contributed by atoms with E-state index in [0.29, 0.717) is 11.8 Å². The van der Waals surface area contributed by atoms with Gasteiger partial charge in [-0.15, -0.1) is 0 Å². The number of hydrogen-bond donors (Lipinski definition) is 1. The third-order valence-corrected chi connectivity index (χ3v) is 4.19. The van der Waals surface area contributed by atoms with Crippen molar-refractivity contribution in [1.29, 1.82) is 0 Å². The molecule has 1 fully saturated rings. The lowest BCUT2D eigenvalue weighted by molar-refractivity contribution is 0.214. The number of rotatable bonds is 4. The summed E-state index contributed by atoms with van der Waals surface area (Å²) < 4.78 is 7.34. The molecule has 1 aromatic carbocycles. The van der Waals surface area contributed by atoms with Crippen LogP contribution in [0, 0.1) is 0 Å². The van der Waals surface area contributed by atoms with Gasteiger partial charge in [-0.3, -0.25) is 4.98 Å². The quantitative estimate of drug-likeness (QED) is 0.837. The number of aromatic nitrogens is 1. The van der Waals surface area contributed by atoms with Crippen molar-refractivity contribution in [2.45, 2.75) is 25.0 Å². The van der Waals surface area contributed by atoms with Crippen LogP contribution < -0.4 is 4.74 Å². The molecule has 1 unspecified atom stereocenters. The number of halogens is 2. The second-order valence-corrected chi connectivity index (χ2v) is 6.58. The first-order valence-corrected chi connectivity index (χ1v) is 7.98. The lowest BCUT2D eigenvalue weighted by Crippen LogP contribution is -2.04. The number of aliphatic hydroxyl groups excluding tert-OH is 1. The molecule has 1 N–H and O–H groups in total. The molecule has 5 heteroatoms. The molecule has 1 aliphatic rings. The van der Waals surface area contributed by atoms with Crippen LogP contribution in [-0.2, 0) is 0 Å². The van der Waals surface area contributed by atoms with Crippen LogP contribution in [0.5, 0.6) is 5.75 Å². The Labute approximate surface area is 134 Å². The van der Waals surface area contributed by atoms with Gasteiger partial charge < -0.3 is 9.84 Å². The largest absolute Gasteiger partial charge is 0.490 e. The van der Waals surface area contributed by atoms with Crippen molar-refractivity contribution in [3.8, 4) is 5.75 Å². The molecule has 3 rings (SSSR count). The number of ether oxygens (including phenoxy) is 1. The molecule has 2 aromatic rings. The Kier molecular flexibility index (Phi) is 4.10. The zero-order valence-corrected chi connectivity index (χ0v) is 13.8. The Balaban J connectivity index is 1.80. The first-order chi connectivity index (χ1) is 9.63. The number of hydrogen-bond acceptors (Lipinski definition) is 3. The Morgan fingerprint density at radius 3 is 2.50 bits per heavy atom. The summed E-state index contributed by atoms with van der Waals surface area (Å²) in [6, 6.07) is 9.40. The van der Waals surface area contributed by atoms with Crippen molar-refractivity contribution in [1.82, 2.24) is 4.98 Å². The van der Waals surface area contributed by atoms with Crippen LogP contribution in [-0.4, -0.2) is 16.2 Å². The maximum atomic E-state index is 10.4. The minimum Gasteiger partial charge on any atom is -0.490 e. The summed E-state index contributed by atoms with van der Waals surface area (Å²) in [5.41, 5.74) is 1.40. The highest BCUT2D eigenvalue weighted by atomic mass is 79.9. The Morgan fingerprint density at radius 2 is 1.90 bits per heavy atom. The third kappa shape index (κ3) is 3.22. The van der Waals surface area contributed by atoms with Crippen molar-refractivity contribution in [2.24, 2.45) is 0 Å². The molecule has 0 spiro atoms. The molecule has 104 valence electrons. The smallest absolute Gasteiger partial charge is 0.122 e. The van der Waals surface area contributed by atoms with Crippen molar-refractivity contribution < 1.29 is 9.84 Å². The van der Waals surface area contributed by atoms with E-state index in [-0.39, 0.29) is 0 Å². The van der Waals surface area contributed by atoms with Crippen LogP contribution in [0.15, 0.2) is 45.5 Å². The van der Waals surface area contributed by atoms with Crippen LogP contribution >= 0.6 is 31.9 Å². The molecule has 0 aliphatic heterocycles. The third-order valence-electron chi connectivity index (χ3n) is 3.12.